The van der Waals surface area contributed by atoms with Gasteiger partial charge >= 0.3 is 0 Å². The van der Waals surface area contributed by atoms with Gasteiger partial charge in [-0.15, -0.1) is 0 Å². The van der Waals surface area contributed by atoms with E-state index in [9.17, 15) is 4.79 Å². The zero-order valence-corrected chi connectivity index (χ0v) is 10.1. The van der Waals surface area contributed by atoms with E-state index in [2.05, 4.69) is 12.2 Å². The van der Waals surface area contributed by atoms with E-state index in [-0.39, 0.29) is 5.91 Å². The number of unbranched alkanes of at least 4 members (excludes halogenated alkanes) is 1. The van der Waals surface area contributed by atoms with Crippen molar-refractivity contribution in [3.05, 3.63) is 17.7 Å². The number of benzene rings is 1. The number of fused-ring (bicyclic) bond motifs is 1. The number of nitrogens with one attached hydrogen (secondary N) is 1. The minimum absolute atomic E-state index is 0.0572. The SMILES string of the molecule is CCCCOc1cc2c(cc1N)CCC(=O)N2. The van der Waals surface area contributed by atoms with Crippen LogP contribution in [-0.4, -0.2) is 12.5 Å². The molecule has 1 aliphatic heterocycles. The predicted molar refractivity (Wildman–Crippen MR) is 68.2 cm³/mol. The number of amides is 1. The lowest BCUT2D eigenvalue weighted by molar-refractivity contribution is -0.116. The van der Waals surface area contributed by atoms with Gasteiger partial charge in [-0.05, 0) is 24.5 Å². The van der Waals surface area contributed by atoms with Crippen molar-refractivity contribution < 1.29 is 9.53 Å². The molecule has 4 heteroatoms. The molecule has 0 radical (unpaired) electrons. The number of ether oxygens (including phenoxy) is 1. The third-order valence-electron chi connectivity index (χ3n) is 2.89. The third-order valence-corrected chi connectivity index (χ3v) is 2.89. The maximum absolute atomic E-state index is 11.3. The summed E-state index contributed by atoms with van der Waals surface area (Å²) in [6.07, 6.45) is 3.37. The fraction of sp³-hybridized carbons (Fsp3) is 0.462. The molecule has 1 aliphatic rings. The quantitative estimate of drug-likeness (QED) is 0.620. The summed E-state index contributed by atoms with van der Waals surface area (Å²) >= 11 is 0. The molecule has 1 aromatic rings. The van der Waals surface area contributed by atoms with E-state index in [4.69, 9.17) is 10.5 Å². The summed E-state index contributed by atoms with van der Waals surface area (Å²) in [4.78, 5) is 11.3. The van der Waals surface area contributed by atoms with Crippen LogP contribution < -0.4 is 15.8 Å². The van der Waals surface area contributed by atoms with Crippen LogP contribution in [-0.2, 0) is 11.2 Å². The van der Waals surface area contributed by atoms with Gasteiger partial charge in [0, 0.05) is 18.2 Å². The van der Waals surface area contributed by atoms with E-state index in [0.717, 1.165) is 30.5 Å². The molecule has 4 nitrogen and oxygen atoms in total. The molecule has 0 unspecified atom stereocenters. The first-order valence-electron chi connectivity index (χ1n) is 6.05. The van der Waals surface area contributed by atoms with Gasteiger partial charge in [-0.25, -0.2) is 0 Å². The number of nitrogen functional groups attached to an aromatic ring is 1. The molecule has 0 aromatic heterocycles. The van der Waals surface area contributed by atoms with Crippen LogP contribution in [0.4, 0.5) is 11.4 Å². The molecule has 1 amide bonds. The molecule has 0 atom stereocenters. The van der Waals surface area contributed by atoms with E-state index in [0.29, 0.717) is 24.5 Å². The van der Waals surface area contributed by atoms with Crippen LogP contribution in [0.1, 0.15) is 31.7 Å². The summed E-state index contributed by atoms with van der Waals surface area (Å²) in [6.45, 7) is 2.77. The minimum Gasteiger partial charge on any atom is -0.491 e. The van der Waals surface area contributed by atoms with E-state index >= 15 is 0 Å². The van der Waals surface area contributed by atoms with Crippen LogP contribution in [0.5, 0.6) is 5.75 Å². The van der Waals surface area contributed by atoms with Crippen LogP contribution in [0.25, 0.3) is 0 Å². The Balaban J connectivity index is 2.17. The van der Waals surface area contributed by atoms with Gasteiger partial charge < -0.3 is 15.8 Å². The molecule has 0 saturated heterocycles. The van der Waals surface area contributed by atoms with Gasteiger partial charge in [0.05, 0.1) is 12.3 Å². The Morgan fingerprint density at radius 2 is 2.24 bits per heavy atom. The van der Waals surface area contributed by atoms with Crippen LogP contribution in [0.15, 0.2) is 12.1 Å². The first-order chi connectivity index (χ1) is 8.20. The average Bonchev–Trinajstić information content (AvgIpc) is 2.31. The summed E-state index contributed by atoms with van der Waals surface area (Å²) in [5.74, 6) is 0.723. The van der Waals surface area contributed by atoms with Gasteiger partial charge in [0.15, 0.2) is 0 Å². The monoisotopic (exact) mass is 234 g/mol. The highest BCUT2D eigenvalue weighted by atomic mass is 16.5. The summed E-state index contributed by atoms with van der Waals surface area (Å²) < 4.78 is 5.60. The molecular formula is C13H18N2O2. The predicted octanol–water partition coefficient (Wildman–Crippen LogP) is 2.33. The lowest BCUT2D eigenvalue weighted by Gasteiger charge is -2.19. The summed E-state index contributed by atoms with van der Waals surface area (Å²) in [7, 11) is 0. The number of carbonyl (C=O) groups excluding carboxylic acids is 1. The Morgan fingerprint density at radius 3 is 3.00 bits per heavy atom. The molecule has 3 N–H and O–H groups in total. The number of hydrogen-bond donors (Lipinski definition) is 2. The van der Waals surface area contributed by atoms with E-state index in [1.165, 1.54) is 0 Å². The molecule has 0 aliphatic carbocycles. The first-order valence-corrected chi connectivity index (χ1v) is 6.05. The van der Waals surface area contributed by atoms with Crippen molar-refractivity contribution in [3.63, 3.8) is 0 Å². The van der Waals surface area contributed by atoms with Crippen LogP contribution in [0, 0.1) is 0 Å². The third kappa shape index (κ3) is 2.70. The molecule has 2 rings (SSSR count). The number of carbonyl (C=O) groups is 1. The molecule has 17 heavy (non-hydrogen) atoms. The Bertz CT molecular complexity index is 430. The smallest absolute Gasteiger partial charge is 0.224 e. The average molecular weight is 234 g/mol. The second-order valence-corrected chi connectivity index (χ2v) is 4.30. The van der Waals surface area contributed by atoms with Gasteiger partial charge in [0.1, 0.15) is 5.75 Å². The van der Waals surface area contributed by atoms with Crippen molar-refractivity contribution in [2.75, 3.05) is 17.7 Å². The fourth-order valence-corrected chi connectivity index (χ4v) is 1.88. The molecule has 1 aromatic carbocycles. The number of anilines is 2. The highest BCUT2D eigenvalue weighted by Crippen LogP contribution is 2.32. The summed E-state index contributed by atoms with van der Waals surface area (Å²) in [5, 5.41) is 2.84. The molecule has 92 valence electrons. The van der Waals surface area contributed by atoms with Crippen molar-refractivity contribution >= 4 is 17.3 Å². The van der Waals surface area contributed by atoms with Gasteiger partial charge in [-0.3, -0.25) is 4.79 Å². The van der Waals surface area contributed by atoms with Gasteiger partial charge in [-0.1, -0.05) is 13.3 Å². The summed E-state index contributed by atoms with van der Waals surface area (Å²) in [6, 6.07) is 3.73. The number of hydrogen-bond acceptors (Lipinski definition) is 3. The highest BCUT2D eigenvalue weighted by Gasteiger charge is 2.17. The molecule has 0 saturated carbocycles. The van der Waals surface area contributed by atoms with Crippen LogP contribution >= 0.6 is 0 Å². The maximum atomic E-state index is 11.3. The lowest BCUT2D eigenvalue weighted by Crippen LogP contribution is -2.19. The number of aryl methyl sites for hydroxylation is 1. The van der Waals surface area contributed by atoms with Crippen molar-refractivity contribution in [1.29, 1.82) is 0 Å². The molecule has 0 spiro atoms. The maximum Gasteiger partial charge on any atom is 0.224 e. The van der Waals surface area contributed by atoms with Crippen molar-refractivity contribution in [2.24, 2.45) is 0 Å². The Kier molecular flexibility index (Phi) is 3.52. The van der Waals surface area contributed by atoms with Crippen molar-refractivity contribution in [3.8, 4) is 5.75 Å². The standard InChI is InChI=1S/C13H18N2O2/c1-2-3-6-17-12-8-11-9(7-10(12)14)4-5-13(16)15-11/h7-8H,2-6,14H2,1H3,(H,15,16). The zero-order valence-electron chi connectivity index (χ0n) is 10.1. The fourth-order valence-electron chi connectivity index (χ4n) is 1.88. The molecular weight excluding hydrogens is 216 g/mol. The second kappa shape index (κ2) is 5.08. The number of nitrogens with two attached hydrogens (primary N) is 1. The number of rotatable bonds is 4. The van der Waals surface area contributed by atoms with Gasteiger partial charge in [0.25, 0.3) is 0 Å². The van der Waals surface area contributed by atoms with E-state index in [1.54, 1.807) is 0 Å². The summed E-state index contributed by atoms with van der Waals surface area (Å²) in [5.41, 5.74) is 8.50. The van der Waals surface area contributed by atoms with Crippen molar-refractivity contribution in [1.82, 2.24) is 0 Å². The highest BCUT2D eigenvalue weighted by molar-refractivity contribution is 5.94. The molecule has 0 fully saturated rings. The van der Waals surface area contributed by atoms with Crippen molar-refractivity contribution in [2.45, 2.75) is 32.6 Å². The second-order valence-electron chi connectivity index (χ2n) is 4.30. The van der Waals surface area contributed by atoms with E-state index in [1.807, 2.05) is 12.1 Å². The van der Waals surface area contributed by atoms with Crippen LogP contribution in [0.2, 0.25) is 0 Å². The lowest BCUT2D eigenvalue weighted by atomic mass is 10.0. The Labute approximate surface area is 101 Å². The van der Waals surface area contributed by atoms with E-state index < -0.39 is 0 Å². The Hall–Kier alpha value is -1.71. The van der Waals surface area contributed by atoms with Gasteiger partial charge in [-0.2, -0.15) is 0 Å². The Morgan fingerprint density at radius 1 is 1.41 bits per heavy atom. The molecule has 1 heterocycles. The van der Waals surface area contributed by atoms with Crippen LogP contribution in [0.3, 0.4) is 0 Å². The largest absolute Gasteiger partial charge is 0.491 e. The van der Waals surface area contributed by atoms with Gasteiger partial charge in [0.2, 0.25) is 5.91 Å². The molecule has 0 bridgehead atoms. The zero-order chi connectivity index (χ0) is 12.3. The normalized spacial score (nSPS) is 14.1. The first kappa shape index (κ1) is 11.8. The minimum atomic E-state index is 0.0572. The topological polar surface area (TPSA) is 64.3 Å².